The second-order valence-corrected chi connectivity index (χ2v) is 11.5. The average molecular weight is 516 g/mol. The van der Waals surface area contributed by atoms with Crippen LogP contribution in [0.15, 0.2) is 28.7 Å². The zero-order valence-corrected chi connectivity index (χ0v) is 23.9. The quantitative estimate of drug-likeness (QED) is 0.351. The van der Waals surface area contributed by atoms with Crippen LogP contribution in [0.2, 0.25) is 0 Å². The average Bonchev–Trinajstić information content (AvgIpc) is 3.26. The summed E-state index contributed by atoms with van der Waals surface area (Å²) in [6.07, 6.45) is 2.95. The number of nitrogens with one attached hydrogen (secondary N) is 1. The molecule has 2 amide bonds. The molecule has 1 heterocycles. The molecular formula is C28H45N5O4. The maximum absolute atomic E-state index is 13.0. The van der Waals surface area contributed by atoms with Crippen molar-refractivity contribution >= 4 is 23.7 Å². The van der Waals surface area contributed by atoms with Gasteiger partial charge in [0.1, 0.15) is 5.60 Å². The van der Waals surface area contributed by atoms with Crippen LogP contribution < -0.4 is 10.2 Å². The third-order valence-corrected chi connectivity index (χ3v) is 5.50. The minimum Gasteiger partial charge on any atom is -0.443 e. The van der Waals surface area contributed by atoms with Gasteiger partial charge in [0, 0.05) is 24.2 Å². The van der Waals surface area contributed by atoms with Crippen LogP contribution in [0.4, 0.5) is 16.5 Å². The van der Waals surface area contributed by atoms with E-state index in [-0.39, 0.29) is 23.2 Å². The smallest absolute Gasteiger partial charge is 0.418 e. The van der Waals surface area contributed by atoms with Gasteiger partial charge in [0.25, 0.3) is 0 Å². The number of carbonyl (C=O) groups excluding carboxylic acids is 2. The lowest BCUT2D eigenvalue weighted by molar-refractivity contribution is -0.117. The van der Waals surface area contributed by atoms with E-state index >= 15 is 0 Å². The molecule has 0 saturated carbocycles. The predicted molar refractivity (Wildman–Crippen MR) is 148 cm³/mol. The Morgan fingerprint density at radius 1 is 0.946 bits per heavy atom. The van der Waals surface area contributed by atoms with Crippen LogP contribution >= 0.6 is 0 Å². The first-order chi connectivity index (χ1) is 17.3. The Kier molecular flexibility index (Phi) is 11.1. The zero-order valence-electron chi connectivity index (χ0n) is 23.9. The van der Waals surface area contributed by atoms with E-state index in [4.69, 9.17) is 9.15 Å². The monoisotopic (exact) mass is 515 g/mol. The highest BCUT2D eigenvalue weighted by molar-refractivity contribution is 5.91. The van der Waals surface area contributed by atoms with Crippen LogP contribution in [0.5, 0.6) is 0 Å². The molecule has 1 N–H and O–H groups in total. The molecule has 0 aliphatic heterocycles. The van der Waals surface area contributed by atoms with Gasteiger partial charge in [-0.3, -0.25) is 4.79 Å². The molecule has 0 bridgehead atoms. The molecule has 37 heavy (non-hydrogen) atoms. The van der Waals surface area contributed by atoms with Crippen LogP contribution in [0, 0.1) is 5.41 Å². The van der Waals surface area contributed by atoms with E-state index < -0.39 is 11.7 Å². The summed E-state index contributed by atoms with van der Waals surface area (Å²) < 4.78 is 11.5. The summed E-state index contributed by atoms with van der Waals surface area (Å²) in [6.45, 7) is 19.1. The largest absolute Gasteiger partial charge is 0.443 e. The highest BCUT2D eigenvalue weighted by Crippen LogP contribution is 2.26. The standard InChI is InChI=1S/C28H45N5O4/c1-9-11-17-32(10-2)18-12-19-33(26(35)37-28(6,7)8)25-31-30-24(36-25)21-13-15-22(16-14-21)29-23(34)20-27(3,4)5/h13-16H,9-12,17-20H2,1-8H3,(H,29,34). The van der Waals surface area contributed by atoms with E-state index in [0.29, 0.717) is 24.2 Å². The number of carbonyl (C=O) groups is 2. The first kappa shape index (κ1) is 30.3. The third-order valence-electron chi connectivity index (χ3n) is 5.50. The molecule has 0 radical (unpaired) electrons. The fourth-order valence-electron chi connectivity index (χ4n) is 3.67. The molecule has 1 aromatic carbocycles. The summed E-state index contributed by atoms with van der Waals surface area (Å²) in [5.74, 6) is 0.249. The summed E-state index contributed by atoms with van der Waals surface area (Å²) in [7, 11) is 0. The Hall–Kier alpha value is -2.94. The second-order valence-electron chi connectivity index (χ2n) is 11.5. The highest BCUT2D eigenvalue weighted by Gasteiger charge is 2.27. The molecule has 206 valence electrons. The first-order valence-corrected chi connectivity index (χ1v) is 13.3. The summed E-state index contributed by atoms with van der Waals surface area (Å²) in [5.41, 5.74) is 0.640. The van der Waals surface area contributed by atoms with Crippen molar-refractivity contribution in [3.63, 3.8) is 0 Å². The highest BCUT2D eigenvalue weighted by atomic mass is 16.6. The number of nitrogens with zero attached hydrogens (tertiary/aromatic N) is 4. The topological polar surface area (TPSA) is 101 Å². The van der Waals surface area contributed by atoms with Crippen molar-refractivity contribution in [2.45, 2.75) is 86.7 Å². The van der Waals surface area contributed by atoms with E-state index in [2.05, 4.69) is 34.3 Å². The lowest BCUT2D eigenvalue weighted by atomic mass is 9.92. The molecule has 9 nitrogen and oxygen atoms in total. The Morgan fingerprint density at radius 3 is 2.16 bits per heavy atom. The molecule has 0 fully saturated rings. The Balaban J connectivity index is 2.13. The van der Waals surface area contributed by atoms with Gasteiger partial charge in [0.15, 0.2) is 0 Å². The van der Waals surface area contributed by atoms with Crippen LogP contribution in [0.25, 0.3) is 11.5 Å². The van der Waals surface area contributed by atoms with Crippen molar-refractivity contribution < 1.29 is 18.7 Å². The Labute approximate surface area is 221 Å². The van der Waals surface area contributed by atoms with Gasteiger partial charge in [-0.1, -0.05) is 46.1 Å². The molecule has 0 aliphatic rings. The second kappa shape index (κ2) is 13.6. The number of hydrogen-bond donors (Lipinski definition) is 1. The Morgan fingerprint density at radius 2 is 1.59 bits per heavy atom. The molecule has 2 aromatic rings. The van der Waals surface area contributed by atoms with Gasteiger partial charge in [-0.05, 0) is 82.9 Å². The fraction of sp³-hybridized carbons (Fsp3) is 0.643. The van der Waals surface area contributed by atoms with Gasteiger partial charge < -0.3 is 19.4 Å². The van der Waals surface area contributed by atoms with E-state index in [1.807, 2.05) is 41.5 Å². The number of benzene rings is 1. The summed E-state index contributed by atoms with van der Waals surface area (Å²) in [6, 6.07) is 7.29. The van der Waals surface area contributed by atoms with E-state index in [0.717, 1.165) is 38.9 Å². The first-order valence-electron chi connectivity index (χ1n) is 13.3. The number of aromatic nitrogens is 2. The molecule has 0 aliphatic carbocycles. The van der Waals surface area contributed by atoms with Crippen molar-refractivity contribution in [2.24, 2.45) is 5.41 Å². The molecular weight excluding hydrogens is 470 g/mol. The summed E-state index contributed by atoms with van der Waals surface area (Å²) in [5, 5.41) is 11.2. The SMILES string of the molecule is CCCCN(CC)CCCN(C(=O)OC(C)(C)C)c1nnc(-c2ccc(NC(=O)CC(C)(C)C)cc2)o1. The van der Waals surface area contributed by atoms with Crippen molar-refractivity contribution in [2.75, 3.05) is 36.4 Å². The fourth-order valence-corrected chi connectivity index (χ4v) is 3.67. The van der Waals surface area contributed by atoms with Gasteiger partial charge in [0.05, 0.1) is 0 Å². The third kappa shape index (κ3) is 10.9. The van der Waals surface area contributed by atoms with Gasteiger partial charge in [-0.15, -0.1) is 5.10 Å². The number of amides is 2. The van der Waals surface area contributed by atoms with Crippen LogP contribution in [0.1, 0.15) is 81.1 Å². The predicted octanol–water partition coefficient (Wildman–Crippen LogP) is 6.36. The normalized spacial score (nSPS) is 12.0. The molecule has 0 saturated heterocycles. The van der Waals surface area contributed by atoms with E-state index in [1.165, 1.54) is 4.90 Å². The maximum atomic E-state index is 13.0. The molecule has 1 aromatic heterocycles. The van der Waals surface area contributed by atoms with Crippen molar-refractivity contribution in [1.29, 1.82) is 0 Å². The molecule has 0 spiro atoms. The van der Waals surface area contributed by atoms with Crippen LogP contribution in [-0.2, 0) is 9.53 Å². The summed E-state index contributed by atoms with van der Waals surface area (Å²) in [4.78, 5) is 29.0. The minimum atomic E-state index is -0.651. The molecule has 2 rings (SSSR count). The zero-order chi connectivity index (χ0) is 27.6. The van der Waals surface area contributed by atoms with Gasteiger partial charge in [0.2, 0.25) is 11.8 Å². The molecule has 0 unspecified atom stereocenters. The van der Waals surface area contributed by atoms with Gasteiger partial charge in [-0.2, -0.15) is 0 Å². The maximum Gasteiger partial charge on any atom is 0.418 e. The van der Waals surface area contributed by atoms with Gasteiger partial charge in [-0.25, -0.2) is 9.69 Å². The number of ether oxygens (including phenoxy) is 1. The number of rotatable bonds is 12. The molecule has 9 heteroatoms. The van der Waals surface area contributed by atoms with E-state index in [1.54, 1.807) is 24.3 Å². The van der Waals surface area contributed by atoms with Crippen molar-refractivity contribution in [3.05, 3.63) is 24.3 Å². The minimum absolute atomic E-state index is 0.0374. The Bertz CT molecular complexity index is 989. The van der Waals surface area contributed by atoms with Crippen molar-refractivity contribution in [1.82, 2.24) is 15.1 Å². The lowest BCUT2D eigenvalue weighted by Crippen LogP contribution is -2.39. The lowest BCUT2D eigenvalue weighted by Gasteiger charge is -2.26. The number of anilines is 2. The van der Waals surface area contributed by atoms with E-state index in [9.17, 15) is 9.59 Å². The van der Waals surface area contributed by atoms with Crippen LogP contribution in [0.3, 0.4) is 0 Å². The van der Waals surface area contributed by atoms with Crippen molar-refractivity contribution in [3.8, 4) is 11.5 Å². The van der Waals surface area contributed by atoms with Gasteiger partial charge >= 0.3 is 12.1 Å². The number of hydrogen-bond acceptors (Lipinski definition) is 7. The molecule has 0 atom stereocenters. The number of unbranched alkanes of at least 4 members (excludes halogenated alkanes) is 1. The summed E-state index contributed by atoms with van der Waals surface area (Å²) >= 11 is 0. The van der Waals surface area contributed by atoms with Crippen LogP contribution in [-0.4, -0.2) is 58.9 Å².